The van der Waals surface area contributed by atoms with Gasteiger partial charge >= 0.3 is 0 Å². The lowest BCUT2D eigenvalue weighted by Gasteiger charge is -2.33. The first-order valence-electron chi connectivity index (χ1n) is 4.01. The van der Waals surface area contributed by atoms with Crippen LogP contribution in [0.4, 0.5) is 0 Å². The smallest absolute Gasteiger partial charge is 0.159 e. The summed E-state index contributed by atoms with van der Waals surface area (Å²) in [5, 5.41) is 0. The molecule has 4 nitrogen and oxygen atoms in total. The van der Waals surface area contributed by atoms with Crippen molar-refractivity contribution in [3.63, 3.8) is 0 Å². The Morgan fingerprint density at radius 1 is 1.00 bits per heavy atom. The zero-order valence-electron chi connectivity index (χ0n) is 7.78. The predicted molar refractivity (Wildman–Crippen MR) is 43.0 cm³/mol. The number of ether oxygens (including phenoxy) is 4. The molecule has 1 aliphatic rings. The Labute approximate surface area is 72.7 Å². The van der Waals surface area contributed by atoms with E-state index in [1.54, 1.807) is 21.3 Å². The van der Waals surface area contributed by atoms with Crippen molar-refractivity contribution >= 4 is 0 Å². The van der Waals surface area contributed by atoms with Gasteiger partial charge in [0.05, 0.1) is 12.7 Å². The van der Waals surface area contributed by atoms with Gasteiger partial charge in [-0.15, -0.1) is 0 Å². The minimum Gasteiger partial charge on any atom is -0.378 e. The molecule has 1 aliphatic heterocycles. The van der Waals surface area contributed by atoms with Crippen LogP contribution in [0.1, 0.15) is 6.42 Å². The molecule has 0 spiro atoms. The molecule has 0 saturated carbocycles. The highest BCUT2D eigenvalue weighted by molar-refractivity contribution is 4.76. The first-order valence-corrected chi connectivity index (χ1v) is 4.01. The molecule has 12 heavy (non-hydrogen) atoms. The third kappa shape index (κ3) is 2.17. The van der Waals surface area contributed by atoms with Crippen LogP contribution < -0.4 is 0 Å². The lowest BCUT2D eigenvalue weighted by atomic mass is 10.1. The van der Waals surface area contributed by atoms with Crippen molar-refractivity contribution < 1.29 is 18.9 Å². The second-order valence-electron chi connectivity index (χ2n) is 2.78. The molecule has 0 N–H and O–H groups in total. The Morgan fingerprint density at radius 2 is 1.67 bits per heavy atom. The lowest BCUT2D eigenvalue weighted by molar-refractivity contribution is -0.216. The highest BCUT2D eigenvalue weighted by Gasteiger charge is 2.31. The third-order valence-electron chi connectivity index (χ3n) is 2.15. The van der Waals surface area contributed by atoms with Gasteiger partial charge in [-0.1, -0.05) is 0 Å². The largest absolute Gasteiger partial charge is 0.378 e. The molecule has 1 saturated heterocycles. The Bertz CT molecular complexity index is 128. The summed E-state index contributed by atoms with van der Waals surface area (Å²) in [7, 11) is 4.96. The molecule has 0 radical (unpaired) electrons. The number of rotatable bonds is 3. The molecule has 0 amide bonds. The van der Waals surface area contributed by atoms with Crippen LogP contribution in [-0.2, 0) is 18.9 Å². The van der Waals surface area contributed by atoms with Crippen molar-refractivity contribution in [3.05, 3.63) is 0 Å². The molecule has 0 bridgehead atoms. The highest BCUT2D eigenvalue weighted by atomic mass is 16.7. The predicted octanol–water partition coefficient (Wildman–Crippen LogP) is 0.409. The summed E-state index contributed by atoms with van der Waals surface area (Å²) >= 11 is 0. The molecule has 0 aromatic carbocycles. The standard InChI is InChI=1S/C8H16O4/c1-9-6-4-8(11-3)12-5-7(6)10-2/h6-8H,4-5H2,1-3H3/t6-,7+,8?/m0/s1. The van der Waals surface area contributed by atoms with Crippen LogP contribution in [0.15, 0.2) is 0 Å². The van der Waals surface area contributed by atoms with Crippen LogP contribution in [-0.4, -0.2) is 46.4 Å². The average molecular weight is 176 g/mol. The fraction of sp³-hybridized carbons (Fsp3) is 1.00. The van der Waals surface area contributed by atoms with Gasteiger partial charge in [-0.05, 0) is 0 Å². The molecular formula is C8H16O4. The summed E-state index contributed by atoms with van der Waals surface area (Å²) in [6.07, 6.45) is 0.683. The molecule has 72 valence electrons. The van der Waals surface area contributed by atoms with E-state index in [0.29, 0.717) is 6.61 Å². The summed E-state index contributed by atoms with van der Waals surface area (Å²) < 4.78 is 20.8. The molecule has 1 unspecified atom stereocenters. The second-order valence-corrected chi connectivity index (χ2v) is 2.78. The van der Waals surface area contributed by atoms with Crippen LogP contribution in [0.2, 0.25) is 0 Å². The van der Waals surface area contributed by atoms with Gasteiger partial charge in [-0.2, -0.15) is 0 Å². The normalized spacial score (nSPS) is 36.8. The quantitative estimate of drug-likeness (QED) is 0.624. The summed E-state index contributed by atoms with van der Waals surface area (Å²) in [6, 6.07) is 0. The number of hydrogen-bond donors (Lipinski definition) is 0. The fourth-order valence-corrected chi connectivity index (χ4v) is 1.35. The van der Waals surface area contributed by atoms with Gasteiger partial charge in [0, 0.05) is 27.8 Å². The summed E-state index contributed by atoms with van der Waals surface area (Å²) in [5.41, 5.74) is 0. The summed E-state index contributed by atoms with van der Waals surface area (Å²) in [6.45, 7) is 0.535. The van der Waals surface area contributed by atoms with Gasteiger partial charge in [-0.3, -0.25) is 0 Å². The third-order valence-corrected chi connectivity index (χ3v) is 2.15. The summed E-state index contributed by atoms with van der Waals surface area (Å²) in [4.78, 5) is 0. The van der Waals surface area contributed by atoms with Crippen molar-refractivity contribution in [2.75, 3.05) is 27.9 Å². The molecule has 3 atom stereocenters. The van der Waals surface area contributed by atoms with Gasteiger partial charge in [0.2, 0.25) is 0 Å². The Hall–Kier alpha value is -0.160. The van der Waals surface area contributed by atoms with Crippen molar-refractivity contribution in [1.29, 1.82) is 0 Å². The fourth-order valence-electron chi connectivity index (χ4n) is 1.35. The molecule has 0 aromatic heterocycles. The molecule has 1 rings (SSSR count). The van der Waals surface area contributed by atoms with E-state index in [2.05, 4.69) is 0 Å². The van der Waals surface area contributed by atoms with Crippen LogP contribution >= 0.6 is 0 Å². The molecule has 1 heterocycles. The van der Waals surface area contributed by atoms with E-state index in [4.69, 9.17) is 18.9 Å². The first-order chi connectivity index (χ1) is 5.81. The van der Waals surface area contributed by atoms with Gasteiger partial charge in [0.1, 0.15) is 6.10 Å². The van der Waals surface area contributed by atoms with Gasteiger partial charge in [0.15, 0.2) is 6.29 Å². The Kier molecular flexibility index (Phi) is 3.94. The number of hydrogen-bond acceptors (Lipinski definition) is 4. The van der Waals surface area contributed by atoms with Crippen molar-refractivity contribution in [3.8, 4) is 0 Å². The van der Waals surface area contributed by atoms with Crippen LogP contribution in [0.5, 0.6) is 0 Å². The van der Waals surface area contributed by atoms with Crippen molar-refractivity contribution in [1.82, 2.24) is 0 Å². The minimum atomic E-state index is -0.152. The first kappa shape index (κ1) is 9.92. The van der Waals surface area contributed by atoms with Crippen LogP contribution in [0.3, 0.4) is 0 Å². The maximum absolute atomic E-state index is 5.34. The van der Waals surface area contributed by atoms with E-state index in [9.17, 15) is 0 Å². The monoisotopic (exact) mass is 176 g/mol. The minimum absolute atomic E-state index is 0.0291. The molecule has 1 fully saturated rings. The molecule has 0 aromatic rings. The van der Waals surface area contributed by atoms with Crippen molar-refractivity contribution in [2.24, 2.45) is 0 Å². The average Bonchev–Trinajstić information content (AvgIpc) is 2.16. The zero-order chi connectivity index (χ0) is 8.97. The van der Waals surface area contributed by atoms with Gasteiger partial charge < -0.3 is 18.9 Å². The number of methoxy groups -OCH3 is 3. The maximum Gasteiger partial charge on any atom is 0.159 e. The van der Waals surface area contributed by atoms with E-state index < -0.39 is 0 Å². The van der Waals surface area contributed by atoms with Crippen LogP contribution in [0, 0.1) is 0 Å². The SMILES string of the molecule is COC1C[C@H](OC)[C@H](OC)CO1. The van der Waals surface area contributed by atoms with E-state index in [1.165, 1.54) is 0 Å². The Morgan fingerprint density at radius 3 is 2.17 bits per heavy atom. The maximum atomic E-state index is 5.34. The summed E-state index contributed by atoms with van der Waals surface area (Å²) in [5.74, 6) is 0. The molecular weight excluding hydrogens is 160 g/mol. The Balaban J connectivity index is 2.41. The lowest BCUT2D eigenvalue weighted by Crippen LogP contribution is -2.44. The van der Waals surface area contributed by atoms with Gasteiger partial charge in [-0.25, -0.2) is 0 Å². The second kappa shape index (κ2) is 4.77. The van der Waals surface area contributed by atoms with Gasteiger partial charge in [0.25, 0.3) is 0 Å². The zero-order valence-corrected chi connectivity index (χ0v) is 7.78. The van der Waals surface area contributed by atoms with Crippen molar-refractivity contribution in [2.45, 2.75) is 24.9 Å². The van der Waals surface area contributed by atoms with E-state index in [-0.39, 0.29) is 18.5 Å². The van der Waals surface area contributed by atoms with E-state index in [0.717, 1.165) is 6.42 Å². The van der Waals surface area contributed by atoms with E-state index in [1.807, 2.05) is 0 Å². The molecule has 4 heteroatoms. The topological polar surface area (TPSA) is 36.9 Å². The highest BCUT2D eigenvalue weighted by Crippen LogP contribution is 2.18. The molecule has 0 aliphatic carbocycles. The van der Waals surface area contributed by atoms with Crippen LogP contribution in [0.25, 0.3) is 0 Å². The van der Waals surface area contributed by atoms with E-state index >= 15 is 0 Å².